The first-order chi connectivity index (χ1) is 9.44. The molecule has 1 heterocycles. The summed E-state index contributed by atoms with van der Waals surface area (Å²) < 4.78 is 34.9. The third-order valence-corrected chi connectivity index (χ3v) is 6.49. The number of fused-ring (bicyclic) bond motifs is 1. The summed E-state index contributed by atoms with van der Waals surface area (Å²) >= 11 is 0. The zero-order chi connectivity index (χ0) is 14.5. The van der Waals surface area contributed by atoms with Crippen molar-refractivity contribution in [3.63, 3.8) is 0 Å². The Morgan fingerprint density at radius 3 is 2.70 bits per heavy atom. The van der Waals surface area contributed by atoms with E-state index in [1.807, 2.05) is 6.07 Å². The molecule has 0 radical (unpaired) electrons. The molecule has 20 heavy (non-hydrogen) atoms. The highest BCUT2D eigenvalue weighted by atomic mass is 32.2. The van der Waals surface area contributed by atoms with E-state index >= 15 is 0 Å². The van der Waals surface area contributed by atoms with Crippen LogP contribution < -0.4 is 20.9 Å². The molecule has 1 fully saturated rings. The van der Waals surface area contributed by atoms with Crippen LogP contribution in [0.15, 0.2) is 18.2 Å². The Balaban J connectivity index is 1.98. The first-order valence-electron chi connectivity index (χ1n) is 6.54. The van der Waals surface area contributed by atoms with Gasteiger partial charge in [0.2, 0.25) is 6.79 Å². The van der Waals surface area contributed by atoms with Crippen LogP contribution in [0.3, 0.4) is 0 Å². The van der Waals surface area contributed by atoms with E-state index in [2.05, 4.69) is 0 Å². The molecule has 4 N–H and O–H groups in total. The van der Waals surface area contributed by atoms with E-state index in [4.69, 9.17) is 20.9 Å². The van der Waals surface area contributed by atoms with Gasteiger partial charge in [-0.25, -0.2) is 8.42 Å². The summed E-state index contributed by atoms with van der Waals surface area (Å²) in [7, 11) is -3.23. The third kappa shape index (κ3) is 1.81. The van der Waals surface area contributed by atoms with E-state index in [1.54, 1.807) is 19.1 Å². The van der Waals surface area contributed by atoms with E-state index in [0.717, 1.165) is 5.56 Å². The molecule has 0 amide bonds. The van der Waals surface area contributed by atoms with Gasteiger partial charge in [-0.3, -0.25) is 0 Å². The fourth-order valence-corrected chi connectivity index (χ4v) is 5.00. The Kier molecular flexibility index (Phi) is 2.97. The predicted octanol–water partition coefficient (Wildman–Crippen LogP) is -0.0280. The summed E-state index contributed by atoms with van der Waals surface area (Å²) in [5.74, 6) is 1.07. The molecule has 0 saturated heterocycles. The van der Waals surface area contributed by atoms with Gasteiger partial charge in [-0.05, 0) is 17.7 Å². The minimum atomic E-state index is -3.23. The molecule has 3 atom stereocenters. The van der Waals surface area contributed by atoms with Crippen molar-refractivity contribution in [3.8, 4) is 11.5 Å². The maximum Gasteiger partial charge on any atom is 0.231 e. The smallest absolute Gasteiger partial charge is 0.231 e. The number of benzene rings is 1. The minimum Gasteiger partial charge on any atom is -0.454 e. The van der Waals surface area contributed by atoms with Crippen molar-refractivity contribution < 1.29 is 17.9 Å². The van der Waals surface area contributed by atoms with Gasteiger partial charge < -0.3 is 20.9 Å². The first-order valence-corrected chi connectivity index (χ1v) is 8.25. The van der Waals surface area contributed by atoms with Crippen LogP contribution in [-0.2, 0) is 9.84 Å². The van der Waals surface area contributed by atoms with Crippen molar-refractivity contribution in [2.75, 3.05) is 19.1 Å². The van der Waals surface area contributed by atoms with Gasteiger partial charge >= 0.3 is 0 Å². The summed E-state index contributed by atoms with van der Waals surface area (Å²) in [5.41, 5.74) is 11.9. The summed E-state index contributed by atoms with van der Waals surface area (Å²) in [6, 6.07) is 5.42. The fraction of sp³-hybridized carbons (Fsp3) is 0.538. The van der Waals surface area contributed by atoms with Gasteiger partial charge in [0, 0.05) is 18.2 Å². The van der Waals surface area contributed by atoms with Crippen molar-refractivity contribution in [1.29, 1.82) is 0 Å². The normalized spacial score (nSPS) is 31.4. The lowest BCUT2D eigenvalue weighted by Gasteiger charge is -2.08. The Morgan fingerprint density at radius 1 is 1.35 bits per heavy atom. The molecule has 7 heteroatoms. The molecule has 1 aliphatic carbocycles. The lowest BCUT2D eigenvalue weighted by Crippen LogP contribution is -2.39. The van der Waals surface area contributed by atoms with Crippen LogP contribution >= 0.6 is 0 Å². The Bertz CT molecular complexity index is 646. The van der Waals surface area contributed by atoms with E-state index in [1.165, 1.54) is 0 Å². The van der Waals surface area contributed by atoms with E-state index < -0.39 is 20.6 Å². The second kappa shape index (κ2) is 4.34. The molecule has 1 aromatic rings. The number of hydrogen-bond donors (Lipinski definition) is 2. The number of ether oxygens (including phenoxy) is 2. The molecule has 0 spiro atoms. The van der Waals surface area contributed by atoms with E-state index in [9.17, 15) is 8.42 Å². The molecule has 1 saturated carbocycles. The molecule has 1 aromatic carbocycles. The molecule has 0 aromatic heterocycles. The highest BCUT2D eigenvalue weighted by molar-refractivity contribution is 7.92. The minimum absolute atomic E-state index is 0.0671. The lowest BCUT2D eigenvalue weighted by molar-refractivity contribution is 0.174. The highest BCUT2D eigenvalue weighted by Crippen LogP contribution is 2.54. The van der Waals surface area contributed by atoms with Crippen LogP contribution in [0, 0.1) is 0 Å². The van der Waals surface area contributed by atoms with Crippen molar-refractivity contribution in [1.82, 2.24) is 0 Å². The van der Waals surface area contributed by atoms with Crippen molar-refractivity contribution in [2.24, 2.45) is 11.5 Å². The monoisotopic (exact) mass is 298 g/mol. The zero-order valence-corrected chi connectivity index (χ0v) is 12.0. The number of sulfone groups is 1. The largest absolute Gasteiger partial charge is 0.454 e. The molecule has 6 nitrogen and oxygen atoms in total. The summed E-state index contributed by atoms with van der Waals surface area (Å²) in [6.07, 6.45) is 0. The Labute approximate surface area is 118 Å². The van der Waals surface area contributed by atoms with Crippen LogP contribution in [0.4, 0.5) is 0 Å². The second-order valence-electron chi connectivity index (χ2n) is 5.28. The van der Waals surface area contributed by atoms with Gasteiger partial charge in [-0.2, -0.15) is 0 Å². The lowest BCUT2D eigenvalue weighted by atomic mass is 10.1. The summed E-state index contributed by atoms with van der Waals surface area (Å²) in [6.45, 7) is 1.95. The van der Waals surface area contributed by atoms with Gasteiger partial charge in [0.05, 0.1) is 10.8 Å². The van der Waals surface area contributed by atoms with E-state index in [0.29, 0.717) is 11.5 Å². The summed E-state index contributed by atoms with van der Waals surface area (Å²) in [4.78, 5) is 0. The Hall–Kier alpha value is -1.31. The van der Waals surface area contributed by atoms with Gasteiger partial charge in [-0.1, -0.05) is 13.0 Å². The molecule has 110 valence electrons. The van der Waals surface area contributed by atoms with Crippen molar-refractivity contribution in [2.45, 2.75) is 23.6 Å². The first kappa shape index (κ1) is 13.7. The van der Waals surface area contributed by atoms with Gasteiger partial charge in [0.25, 0.3) is 0 Å². The molecule has 2 aliphatic rings. The third-order valence-electron chi connectivity index (χ3n) is 4.20. The van der Waals surface area contributed by atoms with Gasteiger partial charge in [0.1, 0.15) is 0 Å². The van der Waals surface area contributed by atoms with Crippen LogP contribution in [0.1, 0.15) is 18.4 Å². The van der Waals surface area contributed by atoms with Crippen LogP contribution in [0.25, 0.3) is 0 Å². The Morgan fingerprint density at radius 2 is 2.05 bits per heavy atom. The average Bonchev–Trinajstić information content (AvgIpc) is 2.83. The SMILES string of the molecule is CCS(=O)(=O)C1C(c2ccc3c(c2)OCO3)C1(N)CN. The topological polar surface area (TPSA) is 105 Å². The maximum absolute atomic E-state index is 12.2. The second-order valence-corrected chi connectivity index (χ2v) is 7.69. The zero-order valence-electron chi connectivity index (χ0n) is 11.2. The predicted molar refractivity (Wildman–Crippen MR) is 74.5 cm³/mol. The van der Waals surface area contributed by atoms with Crippen LogP contribution in [0.2, 0.25) is 0 Å². The summed E-state index contributed by atoms with van der Waals surface area (Å²) in [5, 5.41) is -0.620. The van der Waals surface area contributed by atoms with Crippen LogP contribution in [-0.4, -0.2) is 38.3 Å². The van der Waals surface area contributed by atoms with E-state index in [-0.39, 0.29) is 25.0 Å². The van der Waals surface area contributed by atoms with Crippen molar-refractivity contribution >= 4 is 9.84 Å². The maximum atomic E-state index is 12.2. The molecule has 1 aliphatic heterocycles. The average molecular weight is 298 g/mol. The highest BCUT2D eigenvalue weighted by Gasteiger charge is 2.67. The number of rotatable bonds is 4. The number of nitrogens with two attached hydrogens (primary N) is 2. The van der Waals surface area contributed by atoms with Gasteiger partial charge in [0.15, 0.2) is 21.3 Å². The van der Waals surface area contributed by atoms with Crippen molar-refractivity contribution in [3.05, 3.63) is 23.8 Å². The fourth-order valence-electron chi connectivity index (χ4n) is 2.98. The molecular formula is C13H18N2O4S. The quantitative estimate of drug-likeness (QED) is 0.809. The standard InChI is InChI=1S/C13H18N2O4S/c1-2-20(16,17)12-11(13(12,15)6-14)8-3-4-9-10(5-8)19-7-18-9/h3-5,11-12H,2,6-7,14-15H2,1H3. The molecule has 3 rings (SSSR count). The molecule has 0 bridgehead atoms. The number of hydrogen-bond acceptors (Lipinski definition) is 6. The van der Waals surface area contributed by atoms with Gasteiger partial charge in [-0.15, -0.1) is 0 Å². The molecule has 3 unspecified atom stereocenters. The van der Waals surface area contributed by atoms with Crippen LogP contribution in [0.5, 0.6) is 11.5 Å². The molecular weight excluding hydrogens is 280 g/mol.